The Morgan fingerprint density at radius 2 is 1.72 bits per heavy atom. The number of β-amino-alcohol motifs (C(OH)–C–C–N with tert-alkyl or cyclic N) is 1. The first-order chi connectivity index (χ1) is 8.65. The third-order valence-corrected chi connectivity index (χ3v) is 4.81. The molecule has 0 unspecified atom stereocenters. The first-order valence-corrected chi connectivity index (χ1v) is 7.83. The van der Waals surface area contributed by atoms with Crippen molar-refractivity contribution in [3.8, 4) is 0 Å². The van der Waals surface area contributed by atoms with Crippen LogP contribution >= 0.6 is 0 Å². The van der Waals surface area contributed by atoms with E-state index in [0.29, 0.717) is 0 Å². The largest absolute Gasteiger partial charge is 0.389 e. The van der Waals surface area contributed by atoms with Crippen LogP contribution in [-0.4, -0.2) is 47.8 Å². The molecule has 2 fully saturated rings. The van der Waals surface area contributed by atoms with E-state index in [2.05, 4.69) is 24.1 Å². The van der Waals surface area contributed by atoms with Crippen molar-refractivity contribution >= 4 is 0 Å². The molecule has 1 heterocycles. The molecule has 1 aliphatic heterocycles. The van der Waals surface area contributed by atoms with Gasteiger partial charge in [0, 0.05) is 12.6 Å². The van der Waals surface area contributed by atoms with E-state index in [0.717, 1.165) is 44.4 Å². The van der Waals surface area contributed by atoms with Gasteiger partial charge in [0.1, 0.15) is 0 Å². The lowest BCUT2D eigenvalue weighted by atomic mass is 9.95. The van der Waals surface area contributed by atoms with Crippen LogP contribution in [0, 0.1) is 5.92 Å². The first-order valence-electron chi connectivity index (χ1n) is 7.83. The molecule has 1 saturated heterocycles. The molecule has 18 heavy (non-hydrogen) atoms. The molecule has 0 aromatic heterocycles. The molecule has 1 saturated carbocycles. The second-order valence-electron chi connectivity index (χ2n) is 6.33. The zero-order valence-electron chi connectivity index (χ0n) is 12.1. The van der Waals surface area contributed by atoms with Crippen LogP contribution < -0.4 is 5.32 Å². The molecule has 0 amide bonds. The summed E-state index contributed by atoms with van der Waals surface area (Å²) >= 11 is 0. The predicted molar refractivity (Wildman–Crippen MR) is 75.7 cm³/mol. The van der Waals surface area contributed by atoms with Gasteiger partial charge < -0.3 is 15.3 Å². The monoisotopic (exact) mass is 254 g/mol. The predicted octanol–water partition coefficient (Wildman–Crippen LogP) is 2.00. The molecule has 2 rings (SSSR count). The number of piperidine rings is 1. The molecule has 0 spiro atoms. The molecule has 1 aliphatic carbocycles. The molecule has 3 nitrogen and oxygen atoms in total. The minimum absolute atomic E-state index is 0.464. The van der Waals surface area contributed by atoms with Gasteiger partial charge in [0.2, 0.25) is 0 Å². The Morgan fingerprint density at radius 1 is 1.11 bits per heavy atom. The number of hydrogen-bond acceptors (Lipinski definition) is 3. The molecule has 0 radical (unpaired) electrons. The van der Waals surface area contributed by atoms with Crippen LogP contribution in [0.25, 0.3) is 0 Å². The summed E-state index contributed by atoms with van der Waals surface area (Å²) in [6, 6.07) is 0.721. The fourth-order valence-electron chi connectivity index (χ4n) is 2.84. The quantitative estimate of drug-likeness (QED) is 0.729. The highest BCUT2D eigenvalue weighted by molar-refractivity contribution is 4.85. The van der Waals surface area contributed by atoms with E-state index >= 15 is 0 Å². The zero-order valence-corrected chi connectivity index (χ0v) is 12.1. The summed E-state index contributed by atoms with van der Waals surface area (Å²) in [7, 11) is 0. The van der Waals surface area contributed by atoms with Crippen LogP contribution in [0.3, 0.4) is 0 Å². The lowest BCUT2D eigenvalue weighted by Crippen LogP contribution is -2.49. The lowest BCUT2D eigenvalue weighted by Gasteiger charge is -2.37. The minimum atomic E-state index is -0.464. The molecule has 2 N–H and O–H groups in total. The minimum Gasteiger partial charge on any atom is -0.389 e. The van der Waals surface area contributed by atoms with Crippen molar-refractivity contribution in [2.75, 3.05) is 26.2 Å². The molecule has 3 heteroatoms. The first kappa shape index (κ1) is 14.3. The number of likely N-dealkylation sites (tertiary alicyclic amines) is 1. The van der Waals surface area contributed by atoms with E-state index in [1.165, 1.54) is 32.2 Å². The number of aliphatic hydroxyl groups is 1. The zero-order chi connectivity index (χ0) is 13.0. The van der Waals surface area contributed by atoms with Gasteiger partial charge in [-0.05, 0) is 64.1 Å². The Balaban J connectivity index is 1.65. The van der Waals surface area contributed by atoms with Crippen molar-refractivity contribution in [2.24, 2.45) is 5.92 Å². The Bertz CT molecular complexity index is 241. The fourth-order valence-corrected chi connectivity index (χ4v) is 2.84. The second kappa shape index (κ2) is 6.36. The van der Waals surface area contributed by atoms with Gasteiger partial charge in [0.05, 0.1) is 5.60 Å². The molecule has 0 bridgehead atoms. The van der Waals surface area contributed by atoms with Crippen molar-refractivity contribution in [1.82, 2.24) is 10.2 Å². The Labute approximate surface area is 112 Å². The summed E-state index contributed by atoms with van der Waals surface area (Å²) in [6.07, 6.45) is 7.09. The molecular formula is C15H30N2O. The van der Waals surface area contributed by atoms with Crippen LogP contribution in [0.2, 0.25) is 0 Å². The Hall–Kier alpha value is -0.120. The van der Waals surface area contributed by atoms with E-state index in [1.54, 1.807) is 0 Å². The molecular weight excluding hydrogens is 224 g/mol. The second-order valence-corrected chi connectivity index (χ2v) is 6.33. The maximum Gasteiger partial charge on any atom is 0.0768 e. The maximum absolute atomic E-state index is 10.4. The van der Waals surface area contributed by atoms with Crippen LogP contribution in [0.15, 0.2) is 0 Å². The SMILES string of the molecule is CCC(O)(CC)CN1CCC(NCC2CC2)CC1. The van der Waals surface area contributed by atoms with Crippen molar-refractivity contribution < 1.29 is 5.11 Å². The normalized spacial score (nSPS) is 23.5. The number of rotatable bonds is 7. The van der Waals surface area contributed by atoms with Crippen molar-refractivity contribution in [3.05, 3.63) is 0 Å². The van der Waals surface area contributed by atoms with Crippen LogP contribution in [0.5, 0.6) is 0 Å². The van der Waals surface area contributed by atoms with Crippen molar-refractivity contribution in [2.45, 2.75) is 64.0 Å². The molecule has 106 valence electrons. The van der Waals surface area contributed by atoms with Crippen LogP contribution in [-0.2, 0) is 0 Å². The van der Waals surface area contributed by atoms with Crippen molar-refractivity contribution in [3.63, 3.8) is 0 Å². The van der Waals surface area contributed by atoms with E-state index in [-0.39, 0.29) is 0 Å². The van der Waals surface area contributed by atoms with Gasteiger partial charge in [-0.2, -0.15) is 0 Å². The molecule has 0 atom stereocenters. The van der Waals surface area contributed by atoms with E-state index in [1.807, 2.05) is 0 Å². The summed E-state index contributed by atoms with van der Waals surface area (Å²) < 4.78 is 0. The molecule has 2 aliphatic rings. The smallest absolute Gasteiger partial charge is 0.0768 e. The highest BCUT2D eigenvalue weighted by atomic mass is 16.3. The third kappa shape index (κ3) is 4.22. The number of nitrogens with one attached hydrogen (secondary N) is 1. The Kier molecular flexibility index (Phi) is 5.05. The average Bonchev–Trinajstić information content (AvgIpc) is 3.22. The highest BCUT2D eigenvalue weighted by Gasteiger charge is 2.29. The topological polar surface area (TPSA) is 35.5 Å². The molecule has 0 aromatic rings. The van der Waals surface area contributed by atoms with Crippen LogP contribution in [0.1, 0.15) is 52.4 Å². The standard InChI is InChI=1S/C15H30N2O/c1-3-15(18,4-2)12-17-9-7-14(8-10-17)16-11-13-5-6-13/h13-14,16,18H,3-12H2,1-2H3. The van der Waals surface area contributed by atoms with Gasteiger partial charge in [0.15, 0.2) is 0 Å². The van der Waals surface area contributed by atoms with Gasteiger partial charge in [-0.3, -0.25) is 0 Å². The van der Waals surface area contributed by atoms with Gasteiger partial charge in [-0.1, -0.05) is 13.8 Å². The number of hydrogen-bond donors (Lipinski definition) is 2. The summed E-state index contributed by atoms with van der Waals surface area (Å²) in [5, 5.41) is 14.1. The summed E-state index contributed by atoms with van der Waals surface area (Å²) in [5.41, 5.74) is -0.464. The summed E-state index contributed by atoms with van der Waals surface area (Å²) in [6.45, 7) is 8.56. The number of nitrogens with zero attached hydrogens (tertiary/aromatic N) is 1. The van der Waals surface area contributed by atoms with E-state index in [9.17, 15) is 5.11 Å². The summed E-state index contributed by atoms with van der Waals surface area (Å²) in [4.78, 5) is 2.45. The maximum atomic E-state index is 10.4. The average molecular weight is 254 g/mol. The fraction of sp³-hybridized carbons (Fsp3) is 1.00. The van der Waals surface area contributed by atoms with Crippen molar-refractivity contribution in [1.29, 1.82) is 0 Å². The van der Waals surface area contributed by atoms with Gasteiger partial charge >= 0.3 is 0 Å². The highest BCUT2D eigenvalue weighted by Crippen LogP contribution is 2.28. The Morgan fingerprint density at radius 3 is 2.22 bits per heavy atom. The summed E-state index contributed by atoms with van der Waals surface area (Å²) in [5.74, 6) is 0.980. The van der Waals surface area contributed by atoms with E-state index < -0.39 is 5.60 Å². The van der Waals surface area contributed by atoms with Crippen LogP contribution in [0.4, 0.5) is 0 Å². The van der Waals surface area contributed by atoms with E-state index in [4.69, 9.17) is 0 Å². The van der Waals surface area contributed by atoms with Gasteiger partial charge in [-0.15, -0.1) is 0 Å². The third-order valence-electron chi connectivity index (χ3n) is 4.81. The lowest BCUT2D eigenvalue weighted by molar-refractivity contribution is -0.00981. The van der Waals surface area contributed by atoms with Gasteiger partial charge in [-0.25, -0.2) is 0 Å². The van der Waals surface area contributed by atoms with Gasteiger partial charge in [0.25, 0.3) is 0 Å². The molecule has 0 aromatic carbocycles.